The summed E-state index contributed by atoms with van der Waals surface area (Å²) in [5, 5.41) is 11.2. The van der Waals surface area contributed by atoms with E-state index in [2.05, 4.69) is 15.1 Å². The number of ether oxygens (including phenoxy) is 3. The van der Waals surface area contributed by atoms with Gasteiger partial charge in [0.15, 0.2) is 18.0 Å². The molecule has 1 aliphatic rings. The molecule has 3 rings (SSSR count). The Hall–Kier alpha value is -2.52. The van der Waals surface area contributed by atoms with E-state index in [0.717, 1.165) is 57.1 Å². The Labute approximate surface area is 158 Å². The third-order valence-corrected chi connectivity index (χ3v) is 4.80. The van der Waals surface area contributed by atoms with Crippen LogP contribution in [0.3, 0.4) is 0 Å². The molecule has 0 atom stereocenters. The van der Waals surface area contributed by atoms with Crippen LogP contribution in [0.15, 0.2) is 22.9 Å². The number of benzene rings is 1. The summed E-state index contributed by atoms with van der Waals surface area (Å²) in [5.74, 6) is 2.03. The van der Waals surface area contributed by atoms with Crippen LogP contribution in [0, 0.1) is 5.41 Å². The van der Waals surface area contributed by atoms with E-state index >= 15 is 0 Å². The molecular formula is C18H27N5O4. The van der Waals surface area contributed by atoms with Crippen molar-refractivity contribution in [2.45, 2.75) is 13.1 Å². The lowest BCUT2D eigenvalue weighted by Crippen LogP contribution is -2.50. The molecular weight excluding hydrogens is 350 g/mol. The number of nitrogens with one attached hydrogen (secondary N) is 1. The minimum Gasteiger partial charge on any atom is -0.493 e. The van der Waals surface area contributed by atoms with Crippen molar-refractivity contribution in [2.24, 2.45) is 0 Å². The van der Waals surface area contributed by atoms with Gasteiger partial charge in [0.2, 0.25) is 11.9 Å². The van der Waals surface area contributed by atoms with Crippen molar-refractivity contribution in [1.82, 2.24) is 15.1 Å². The Balaban J connectivity index is 1.55. The fourth-order valence-electron chi connectivity index (χ4n) is 3.33. The molecule has 0 bridgehead atoms. The lowest BCUT2D eigenvalue weighted by molar-refractivity contribution is -0.767. The van der Waals surface area contributed by atoms with Crippen molar-refractivity contribution in [2.75, 3.05) is 54.1 Å². The highest BCUT2D eigenvalue weighted by molar-refractivity contribution is 5.55. The van der Waals surface area contributed by atoms with E-state index in [1.807, 2.05) is 12.1 Å². The van der Waals surface area contributed by atoms with E-state index in [-0.39, 0.29) is 5.55 Å². The zero-order valence-corrected chi connectivity index (χ0v) is 16.1. The van der Waals surface area contributed by atoms with Gasteiger partial charge < -0.3 is 18.7 Å². The molecule has 0 spiro atoms. The minimum absolute atomic E-state index is 0.0867. The largest absolute Gasteiger partial charge is 0.493 e. The second kappa shape index (κ2) is 8.92. The van der Waals surface area contributed by atoms with E-state index < -0.39 is 0 Å². The zero-order valence-electron chi connectivity index (χ0n) is 16.1. The molecule has 1 aromatic heterocycles. The van der Waals surface area contributed by atoms with Gasteiger partial charge in [0.05, 0.1) is 27.9 Å². The molecule has 2 aromatic rings. The van der Waals surface area contributed by atoms with Gasteiger partial charge >= 0.3 is 0 Å². The molecule has 0 aliphatic carbocycles. The summed E-state index contributed by atoms with van der Waals surface area (Å²) in [6, 6.07) is 3.95. The second-order valence-electron chi connectivity index (χ2n) is 6.44. The highest BCUT2D eigenvalue weighted by Crippen LogP contribution is 2.40. The van der Waals surface area contributed by atoms with Gasteiger partial charge in [0, 0.05) is 38.3 Å². The molecule has 0 saturated carbocycles. The lowest BCUT2D eigenvalue weighted by atomic mass is 10.1. The SMILES string of the molecule is COc1ccc(CN2CCN(CC[n+]3cc(=N)o[n-]3)CC2)c(OC)c1OC. The Kier molecular flexibility index (Phi) is 6.36. The van der Waals surface area contributed by atoms with E-state index in [9.17, 15) is 0 Å². The average Bonchev–Trinajstić information content (AvgIpc) is 3.12. The highest BCUT2D eigenvalue weighted by Gasteiger charge is 2.21. The molecule has 1 N–H and O–H groups in total. The molecule has 0 radical (unpaired) electrons. The van der Waals surface area contributed by atoms with Crippen LogP contribution in [0.2, 0.25) is 0 Å². The van der Waals surface area contributed by atoms with Crippen LogP contribution in [-0.4, -0.2) is 63.9 Å². The summed E-state index contributed by atoms with van der Waals surface area (Å²) in [7, 11) is 4.90. The predicted molar refractivity (Wildman–Crippen MR) is 95.9 cm³/mol. The number of aromatic nitrogens is 2. The van der Waals surface area contributed by atoms with Crippen LogP contribution in [0.1, 0.15) is 5.56 Å². The summed E-state index contributed by atoms with van der Waals surface area (Å²) in [6.45, 7) is 6.35. The first kappa shape index (κ1) is 19.2. The van der Waals surface area contributed by atoms with Gasteiger partial charge in [0.25, 0.3) is 5.55 Å². The fourth-order valence-corrected chi connectivity index (χ4v) is 3.33. The van der Waals surface area contributed by atoms with Gasteiger partial charge in [-0.15, -0.1) is 0 Å². The summed E-state index contributed by atoms with van der Waals surface area (Å²) in [4.78, 5) is 4.80. The van der Waals surface area contributed by atoms with Gasteiger partial charge in [-0.25, -0.2) is 4.68 Å². The minimum atomic E-state index is 0.0867. The van der Waals surface area contributed by atoms with Crippen LogP contribution in [0.25, 0.3) is 0 Å². The Morgan fingerprint density at radius 3 is 2.33 bits per heavy atom. The Morgan fingerprint density at radius 2 is 1.74 bits per heavy atom. The van der Waals surface area contributed by atoms with Crippen LogP contribution in [-0.2, 0) is 13.1 Å². The van der Waals surface area contributed by atoms with Gasteiger partial charge in [-0.3, -0.25) is 20.5 Å². The first-order valence-electron chi connectivity index (χ1n) is 8.95. The van der Waals surface area contributed by atoms with Crippen LogP contribution < -0.4 is 29.7 Å². The topological polar surface area (TPSA) is 89.1 Å². The number of nitrogens with zero attached hydrogens (tertiary/aromatic N) is 4. The molecule has 1 saturated heterocycles. The molecule has 9 nitrogen and oxygen atoms in total. The van der Waals surface area contributed by atoms with Gasteiger partial charge in [-0.05, 0) is 6.07 Å². The maximum atomic E-state index is 7.36. The van der Waals surface area contributed by atoms with E-state index in [4.69, 9.17) is 24.1 Å². The van der Waals surface area contributed by atoms with E-state index in [1.165, 1.54) is 0 Å². The lowest BCUT2D eigenvalue weighted by Gasteiger charge is -2.34. The van der Waals surface area contributed by atoms with Crippen molar-refractivity contribution in [3.05, 3.63) is 29.4 Å². The number of hydrogen-bond acceptors (Lipinski definition) is 7. The summed E-state index contributed by atoms with van der Waals surface area (Å²) in [5.41, 5.74) is 1.17. The Bertz CT molecular complexity index is 795. The summed E-state index contributed by atoms with van der Waals surface area (Å²) >= 11 is 0. The van der Waals surface area contributed by atoms with Crippen molar-refractivity contribution in [3.8, 4) is 17.2 Å². The molecule has 0 amide bonds. The smallest absolute Gasteiger partial charge is 0.264 e. The third-order valence-electron chi connectivity index (χ3n) is 4.80. The standard InChI is InChI=1S/C18H27N5O4/c1-24-15-5-4-14(17(25-2)18(15)26-3)12-22-8-6-21(7-9-22)10-11-23-13-16(19)27-20-23/h4-5,13,19H,6-12H2,1-3H3. The second-order valence-corrected chi connectivity index (χ2v) is 6.44. The van der Waals surface area contributed by atoms with E-state index in [1.54, 1.807) is 32.2 Å². The summed E-state index contributed by atoms with van der Waals surface area (Å²) in [6.07, 6.45) is 1.60. The first-order valence-corrected chi connectivity index (χ1v) is 8.95. The normalized spacial score (nSPS) is 15.7. The van der Waals surface area contributed by atoms with Gasteiger partial charge in [-0.2, -0.15) is 0 Å². The molecule has 0 unspecified atom stereocenters. The monoisotopic (exact) mass is 377 g/mol. The number of piperazine rings is 1. The maximum Gasteiger partial charge on any atom is 0.264 e. The Morgan fingerprint density at radius 1 is 1.04 bits per heavy atom. The summed E-state index contributed by atoms with van der Waals surface area (Å²) < 4.78 is 22.8. The molecule has 9 heteroatoms. The number of hydrogen-bond donors (Lipinski definition) is 1. The third kappa shape index (κ3) is 4.61. The number of methoxy groups -OCH3 is 3. The van der Waals surface area contributed by atoms with Crippen LogP contribution in [0.5, 0.6) is 17.2 Å². The molecule has 1 fully saturated rings. The van der Waals surface area contributed by atoms with Crippen molar-refractivity contribution in [3.63, 3.8) is 0 Å². The maximum absolute atomic E-state index is 7.36. The van der Waals surface area contributed by atoms with Crippen molar-refractivity contribution >= 4 is 0 Å². The molecule has 1 aliphatic heterocycles. The highest BCUT2D eigenvalue weighted by atomic mass is 16.5. The molecule has 27 heavy (non-hydrogen) atoms. The van der Waals surface area contributed by atoms with Crippen LogP contribution >= 0.6 is 0 Å². The van der Waals surface area contributed by atoms with E-state index in [0.29, 0.717) is 11.5 Å². The average molecular weight is 377 g/mol. The molecule has 1 aromatic carbocycles. The van der Waals surface area contributed by atoms with Gasteiger partial charge in [0.1, 0.15) is 0 Å². The fraction of sp³-hybridized carbons (Fsp3) is 0.556. The van der Waals surface area contributed by atoms with Crippen molar-refractivity contribution < 1.29 is 23.4 Å². The number of rotatable bonds is 8. The predicted octanol–water partition coefficient (Wildman–Crippen LogP) is -0.153. The zero-order chi connectivity index (χ0) is 19.2. The van der Waals surface area contributed by atoms with Crippen LogP contribution in [0.4, 0.5) is 0 Å². The quantitative estimate of drug-likeness (QED) is 0.640. The first-order chi connectivity index (χ1) is 13.1. The molecule has 148 valence electrons. The van der Waals surface area contributed by atoms with Gasteiger partial charge in [-0.1, -0.05) is 6.07 Å². The van der Waals surface area contributed by atoms with Crippen molar-refractivity contribution in [1.29, 1.82) is 5.41 Å². The molecule has 2 heterocycles.